The lowest BCUT2D eigenvalue weighted by Crippen LogP contribution is -2.62. The lowest BCUT2D eigenvalue weighted by Gasteiger charge is -2.26. The van der Waals surface area contributed by atoms with Gasteiger partial charge in [0.05, 0.1) is 4.90 Å². The number of nitrogens with one attached hydrogen (secondary N) is 2. The first kappa shape index (κ1) is 19.1. The third-order valence-electron chi connectivity index (χ3n) is 3.91. The van der Waals surface area contributed by atoms with E-state index in [1.165, 1.54) is 29.0 Å². The predicted octanol–water partition coefficient (Wildman–Crippen LogP) is 2.11. The summed E-state index contributed by atoms with van der Waals surface area (Å²) < 4.78 is 67.7. The molecule has 10 heteroatoms. The summed E-state index contributed by atoms with van der Waals surface area (Å²) in [6.45, 7) is 1.70. The van der Waals surface area contributed by atoms with Crippen LogP contribution in [0.4, 0.5) is 13.2 Å². The first-order valence-electron chi connectivity index (χ1n) is 7.69. The van der Waals surface area contributed by atoms with Gasteiger partial charge in [-0.2, -0.15) is 17.9 Å². The molecule has 2 aromatic carbocycles. The highest BCUT2D eigenvalue weighted by Crippen LogP contribution is 2.36. The van der Waals surface area contributed by atoms with E-state index in [0.29, 0.717) is 0 Å². The van der Waals surface area contributed by atoms with Crippen LogP contribution in [0.2, 0.25) is 0 Å². The molecule has 0 radical (unpaired) electrons. The van der Waals surface area contributed by atoms with Crippen LogP contribution >= 0.6 is 0 Å². The van der Waals surface area contributed by atoms with Crippen molar-refractivity contribution < 1.29 is 26.4 Å². The molecule has 2 aromatic rings. The molecular formula is C17H14F3N3O3S. The molecule has 0 aliphatic carbocycles. The number of amidine groups is 1. The molecule has 1 unspecified atom stereocenters. The number of alkyl halides is 3. The van der Waals surface area contributed by atoms with Gasteiger partial charge in [0.2, 0.25) is 10.0 Å². The maximum atomic E-state index is 13.8. The second-order valence-electron chi connectivity index (χ2n) is 5.91. The minimum Gasteiger partial charge on any atom is -0.307 e. The molecule has 3 rings (SSSR count). The number of aliphatic imine (C=N–C) groups is 1. The fourth-order valence-corrected chi connectivity index (χ4v) is 3.72. The van der Waals surface area contributed by atoms with E-state index in [9.17, 15) is 26.4 Å². The fourth-order valence-electron chi connectivity index (χ4n) is 2.47. The molecule has 1 aliphatic rings. The van der Waals surface area contributed by atoms with E-state index in [4.69, 9.17) is 0 Å². The van der Waals surface area contributed by atoms with Crippen molar-refractivity contribution in [2.45, 2.75) is 23.7 Å². The van der Waals surface area contributed by atoms with Crippen LogP contribution in [0, 0.1) is 6.92 Å². The van der Waals surface area contributed by atoms with E-state index in [0.717, 1.165) is 17.7 Å². The zero-order valence-electron chi connectivity index (χ0n) is 13.9. The Kier molecular flexibility index (Phi) is 4.56. The molecule has 0 aromatic heterocycles. The van der Waals surface area contributed by atoms with Crippen LogP contribution in [0.25, 0.3) is 0 Å². The van der Waals surface area contributed by atoms with Crippen molar-refractivity contribution in [1.82, 2.24) is 10.0 Å². The van der Waals surface area contributed by atoms with Gasteiger partial charge in [0, 0.05) is 5.56 Å². The number of carbonyl (C=O) groups excluding carboxylic acids is 1. The summed E-state index contributed by atoms with van der Waals surface area (Å²) in [7, 11) is -4.68. The number of aryl methyl sites for hydroxylation is 1. The monoisotopic (exact) mass is 397 g/mol. The van der Waals surface area contributed by atoms with Crippen molar-refractivity contribution in [2.75, 3.05) is 0 Å². The van der Waals surface area contributed by atoms with Crippen LogP contribution in [0.3, 0.4) is 0 Å². The van der Waals surface area contributed by atoms with Gasteiger partial charge in [0.25, 0.3) is 5.91 Å². The van der Waals surface area contributed by atoms with Gasteiger partial charge in [-0.3, -0.25) is 4.79 Å². The molecular weight excluding hydrogens is 383 g/mol. The zero-order valence-corrected chi connectivity index (χ0v) is 14.7. The molecule has 1 atom stereocenters. The van der Waals surface area contributed by atoms with Gasteiger partial charge in [-0.05, 0) is 19.1 Å². The molecule has 1 amide bonds. The maximum absolute atomic E-state index is 13.8. The summed E-state index contributed by atoms with van der Waals surface area (Å²) in [5.74, 6) is -1.99. The lowest BCUT2D eigenvalue weighted by atomic mass is 10.2. The molecule has 1 aliphatic heterocycles. The number of hydrogen-bond acceptors (Lipinski definition) is 4. The normalized spacial score (nSPS) is 20.3. The van der Waals surface area contributed by atoms with Crippen molar-refractivity contribution in [3.8, 4) is 0 Å². The second-order valence-corrected chi connectivity index (χ2v) is 7.59. The number of carbonyl (C=O) groups is 1. The van der Waals surface area contributed by atoms with Crippen LogP contribution < -0.4 is 10.0 Å². The Morgan fingerprint density at radius 1 is 1.04 bits per heavy atom. The Bertz CT molecular complexity index is 1000. The highest BCUT2D eigenvalue weighted by molar-refractivity contribution is 7.89. The Hall–Kier alpha value is -2.72. The van der Waals surface area contributed by atoms with E-state index in [1.807, 2.05) is 5.32 Å². The zero-order chi connectivity index (χ0) is 19.9. The van der Waals surface area contributed by atoms with Crippen LogP contribution in [-0.2, 0) is 14.8 Å². The molecule has 2 N–H and O–H groups in total. The molecule has 0 bridgehead atoms. The van der Waals surface area contributed by atoms with Crippen molar-refractivity contribution in [3.63, 3.8) is 0 Å². The minimum atomic E-state index is -5.30. The molecule has 1 heterocycles. The molecule has 0 saturated carbocycles. The van der Waals surface area contributed by atoms with Gasteiger partial charge >= 0.3 is 11.8 Å². The molecule has 27 heavy (non-hydrogen) atoms. The number of halogens is 3. The Morgan fingerprint density at radius 3 is 2.19 bits per heavy atom. The van der Waals surface area contributed by atoms with E-state index >= 15 is 0 Å². The third-order valence-corrected chi connectivity index (χ3v) is 5.37. The third kappa shape index (κ3) is 3.45. The number of nitrogens with zero attached hydrogens (tertiary/aromatic N) is 1. The molecule has 142 valence electrons. The van der Waals surface area contributed by atoms with Gasteiger partial charge in [-0.15, -0.1) is 0 Å². The van der Waals surface area contributed by atoms with Crippen molar-refractivity contribution >= 4 is 21.8 Å². The number of sulfonamides is 1. The van der Waals surface area contributed by atoms with Gasteiger partial charge in [0.15, 0.2) is 0 Å². The largest absolute Gasteiger partial charge is 0.437 e. The van der Waals surface area contributed by atoms with Crippen LogP contribution in [0.1, 0.15) is 11.1 Å². The second kappa shape index (κ2) is 6.46. The fraction of sp³-hybridized carbons (Fsp3) is 0.176. The van der Waals surface area contributed by atoms with E-state index in [2.05, 4.69) is 4.99 Å². The summed E-state index contributed by atoms with van der Waals surface area (Å²) in [4.78, 5) is 15.2. The van der Waals surface area contributed by atoms with E-state index in [-0.39, 0.29) is 11.4 Å². The van der Waals surface area contributed by atoms with Crippen molar-refractivity contribution in [2.24, 2.45) is 4.99 Å². The highest BCUT2D eigenvalue weighted by Gasteiger charge is 2.66. The highest BCUT2D eigenvalue weighted by atomic mass is 32.2. The summed E-state index contributed by atoms with van der Waals surface area (Å²) in [6, 6.07) is 12.8. The number of hydrogen-bond donors (Lipinski definition) is 2. The molecule has 0 saturated heterocycles. The molecule has 0 spiro atoms. The van der Waals surface area contributed by atoms with Crippen LogP contribution in [0.15, 0.2) is 64.5 Å². The van der Waals surface area contributed by atoms with E-state index in [1.54, 1.807) is 25.1 Å². The SMILES string of the molecule is Cc1ccc(S(=O)(=O)NC2(C(F)(F)F)N=C(c3ccccc3)NC2=O)cc1. The van der Waals surface area contributed by atoms with Gasteiger partial charge < -0.3 is 5.32 Å². The Labute approximate surface area is 153 Å². The smallest absolute Gasteiger partial charge is 0.307 e. The van der Waals surface area contributed by atoms with E-state index < -0.39 is 32.7 Å². The molecule has 0 fully saturated rings. The van der Waals surface area contributed by atoms with Gasteiger partial charge in [-0.1, -0.05) is 48.0 Å². The number of rotatable bonds is 4. The first-order chi connectivity index (χ1) is 12.6. The molecule has 6 nitrogen and oxygen atoms in total. The summed E-state index contributed by atoms with van der Waals surface area (Å²) in [6.07, 6.45) is -5.30. The Morgan fingerprint density at radius 2 is 1.63 bits per heavy atom. The topological polar surface area (TPSA) is 87.6 Å². The average Bonchev–Trinajstić information content (AvgIpc) is 2.93. The summed E-state index contributed by atoms with van der Waals surface area (Å²) in [5.41, 5.74) is -2.71. The lowest BCUT2D eigenvalue weighted by molar-refractivity contribution is -0.190. The average molecular weight is 397 g/mol. The quantitative estimate of drug-likeness (QED) is 0.828. The number of amides is 1. The standard InChI is InChI=1S/C17H14F3N3O3S/c1-11-7-9-13(10-8-11)27(25,26)23-16(17(18,19)20)15(24)21-14(22-16)12-5-3-2-4-6-12/h2-10,23H,1H3,(H,21,22,24). The Balaban J connectivity index is 2.08. The van der Waals surface area contributed by atoms with Gasteiger partial charge in [-0.25, -0.2) is 13.4 Å². The van der Waals surface area contributed by atoms with Crippen LogP contribution in [0.5, 0.6) is 0 Å². The van der Waals surface area contributed by atoms with Gasteiger partial charge in [0.1, 0.15) is 5.84 Å². The summed E-state index contributed by atoms with van der Waals surface area (Å²) in [5, 5.41) is 2.01. The van der Waals surface area contributed by atoms with Crippen molar-refractivity contribution in [1.29, 1.82) is 0 Å². The predicted molar refractivity (Wildman–Crippen MR) is 91.4 cm³/mol. The first-order valence-corrected chi connectivity index (χ1v) is 9.18. The minimum absolute atomic E-state index is 0.214. The van der Waals surface area contributed by atoms with Crippen molar-refractivity contribution in [3.05, 3.63) is 65.7 Å². The number of benzene rings is 2. The summed E-state index contributed by atoms with van der Waals surface area (Å²) >= 11 is 0. The van der Waals surface area contributed by atoms with Crippen LogP contribution in [-0.4, -0.2) is 32.0 Å². The maximum Gasteiger partial charge on any atom is 0.437 e.